The van der Waals surface area contributed by atoms with Gasteiger partial charge in [-0.3, -0.25) is 10.2 Å². The number of nitrogens with one attached hydrogen (secondary N) is 3. The smallest absolute Gasteiger partial charge is 0.321 e. The van der Waals surface area contributed by atoms with E-state index in [1.807, 2.05) is 12.1 Å². The highest BCUT2D eigenvalue weighted by Gasteiger charge is 2.09. The molecule has 0 saturated carbocycles. The summed E-state index contributed by atoms with van der Waals surface area (Å²) in [6.45, 7) is 0.682. The number of H-pyrrole nitrogens is 2. The van der Waals surface area contributed by atoms with Crippen molar-refractivity contribution in [2.45, 2.75) is 25.7 Å². The van der Waals surface area contributed by atoms with Crippen LogP contribution in [0.5, 0.6) is 0 Å². The zero-order chi connectivity index (χ0) is 19.1. The lowest BCUT2D eigenvalue weighted by Crippen LogP contribution is -2.32. The third-order valence-corrected chi connectivity index (χ3v) is 4.29. The number of nitrogens with zero attached hydrogens (tertiary/aromatic N) is 3. The lowest BCUT2D eigenvalue weighted by atomic mass is 10.1. The predicted octanol–water partition coefficient (Wildman–Crippen LogP) is 3.82. The highest BCUT2D eigenvalue weighted by Crippen LogP contribution is 2.19. The number of hydrogen-bond acceptors (Lipinski definition) is 3. The minimum Gasteiger partial charge on any atom is -0.328 e. The normalized spacial score (nSPS) is 10.7. The number of amides is 2. The van der Waals surface area contributed by atoms with Gasteiger partial charge in [0.15, 0.2) is 0 Å². The van der Waals surface area contributed by atoms with Crippen molar-refractivity contribution in [3.63, 3.8) is 0 Å². The van der Waals surface area contributed by atoms with Crippen molar-refractivity contribution >= 4 is 11.7 Å². The molecule has 3 aromatic rings. The molecule has 3 N–H and O–H groups in total. The van der Waals surface area contributed by atoms with E-state index in [1.54, 1.807) is 30.4 Å². The molecule has 2 heterocycles. The molecule has 0 aliphatic carbocycles. The third kappa shape index (κ3) is 5.40. The largest absolute Gasteiger partial charge is 0.328 e. The fraction of sp³-hybridized carbons (Fsp3) is 0.316. The van der Waals surface area contributed by atoms with E-state index in [1.165, 1.54) is 12.1 Å². The summed E-state index contributed by atoms with van der Waals surface area (Å²) < 4.78 is 13.3. The van der Waals surface area contributed by atoms with Crippen LogP contribution in [0.1, 0.15) is 25.0 Å². The van der Waals surface area contributed by atoms with E-state index in [4.69, 9.17) is 0 Å². The van der Waals surface area contributed by atoms with Crippen molar-refractivity contribution in [2.24, 2.45) is 0 Å². The van der Waals surface area contributed by atoms with Gasteiger partial charge < -0.3 is 10.2 Å². The molecule has 2 amide bonds. The van der Waals surface area contributed by atoms with Crippen LogP contribution in [0.4, 0.5) is 14.9 Å². The van der Waals surface area contributed by atoms with E-state index in [2.05, 4.69) is 25.7 Å². The van der Waals surface area contributed by atoms with E-state index in [9.17, 15) is 9.18 Å². The molecule has 0 unspecified atom stereocenters. The molecule has 7 nitrogen and oxygen atoms in total. The van der Waals surface area contributed by atoms with Crippen LogP contribution in [-0.2, 0) is 6.42 Å². The number of carbonyl (C=O) groups is 1. The summed E-state index contributed by atoms with van der Waals surface area (Å²) in [6.07, 6.45) is 6.97. The maximum atomic E-state index is 13.3. The second-order valence-corrected chi connectivity index (χ2v) is 6.44. The Morgan fingerprint density at radius 1 is 1.26 bits per heavy atom. The van der Waals surface area contributed by atoms with Crippen molar-refractivity contribution in [1.29, 1.82) is 0 Å². The molecule has 0 aliphatic heterocycles. The summed E-state index contributed by atoms with van der Waals surface area (Å²) in [6, 6.07) is 8.23. The highest BCUT2D eigenvalue weighted by molar-refractivity contribution is 5.88. The van der Waals surface area contributed by atoms with Crippen LogP contribution in [0.15, 0.2) is 42.7 Å². The Kier molecular flexibility index (Phi) is 6.19. The number of unbranched alkanes of at least 4 members (excludes halogenated alkanes) is 2. The van der Waals surface area contributed by atoms with Gasteiger partial charge >= 0.3 is 6.03 Å². The average molecular weight is 370 g/mol. The maximum Gasteiger partial charge on any atom is 0.321 e. The Morgan fingerprint density at radius 3 is 2.93 bits per heavy atom. The second kappa shape index (κ2) is 8.98. The predicted molar refractivity (Wildman–Crippen MR) is 102 cm³/mol. The Morgan fingerprint density at radius 2 is 2.15 bits per heavy atom. The average Bonchev–Trinajstić information content (AvgIpc) is 3.33. The number of urea groups is 1. The number of aryl methyl sites for hydroxylation is 1. The number of rotatable bonds is 8. The van der Waals surface area contributed by atoms with Gasteiger partial charge in [0.2, 0.25) is 0 Å². The van der Waals surface area contributed by atoms with Crippen LogP contribution in [0.25, 0.3) is 11.3 Å². The molecular formula is C19H23FN6O. The summed E-state index contributed by atoms with van der Waals surface area (Å²) in [5.74, 6) is -0.266. The van der Waals surface area contributed by atoms with Crippen LogP contribution in [0, 0.1) is 5.82 Å². The number of hydrogen-bond donors (Lipinski definition) is 3. The molecule has 0 atom stereocenters. The minimum atomic E-state index is -0.266. The number of anilines is 1. The Bertz CT molecular complexity index is 861. The molecule has 8 heteroatoms. The molecule has 0 bridgehead atoms. The van der Waals surface area contributed by atoms with Crippen LogP contribution < -0.4 is 5.32 Å². The van der Waals surface area contributed by atoms with Crippen LogP contribution >= 0.6 is 0 Å². The van der Waals surface area contributed by atoms with E-state index < -0.39 is 0 Å². The lowest BCUT2D eigenvalue weighted by molar-refractivity contribution is 0.221. The molecular weight excluding hydrogens is 347 g/mol. The first-order chi connectivity index (χ1) is 13.1. The Labute approximate surface area is 157 Å². The topological polar surface area (TPSA) is 89.7 Å². The van der Waals surface area contributed by atoms with E-state index >= 15 is 0 Å². The first-order valence-electron chi connectivity index (χ1n) is 8.93. The van der Waals surface area contributed by atoms with Crippen LogP contribution in [-0.4, -0.2) is 44.9 Å². The third-order valence-electron chi connectivity index (χ3n) is 4.29. The molecule has 0 radical (unpaired) electrons. The summed E-state index contributed by atoms with van der Waals surface area (Å²) in [4.78, 5) is 13.6. The van der Waals surface area contributed by atoms with Crippen LogP contribution in [0.2, 0.25) is 0 Å². The molecule has 0 saturated heterocycles. The SMILES string of the molecule is CN(CCCCCc1cc(-c2cccc(F)c2)n[nH]1)C(=O)Nc1cn[nH]c1. The minimum absolute atomic E-state index is 0.148. The summed E-state index contributed by atoms with van der Waals surface area (Å²) in [5.41, 5.74) is 3.20. The van der Waals surface area contributed by atoms with Crippen molar-refractivity contribution in [3.05, 3.63) is 54.2 Å². The molecule has 1 aromatic carbocycles. The molecule has 2 aromatic heterocycles. The van der Waals surface area contributed by atoms with Crippen molar-refractivity contribution in [1.82, 2.24) is 25.3 Å². The van der Waals surface area contributed by atoms with Gasteiger partial charge in [0.25, 0.3) is 0 Å². The number of carbonyl (C=O) groups excluding carboxylic acids is 1. The van der Waals surface area contributed by atoms with Crippen molar-refractivity contribution in [3.8, 4) is 11.3 Å². The van der Waals surface area contributed by atoms with E-state index in [0.29, 0.717) is 12.2 Å². The van der Waals surface area contributed by atoms with Gasteiger partial charge in [-0.1, -0.05) is 18.6 Å². The fourth-order valence-electron chi connectivity index (χ4n) is 2.77. The standard InChI is InChI=1S/C19H23FN6O/c1-26(19(27)23-17-12-21-22-13-17)9-4-2-3-8-16-11-18(25-24-16)14-6-5-7-15(20)10-14/h5-7,10-13H,2-4,8-9H2,1H3,(H,21,22)(H,23,27)(H,24,25). The van der Waals surface area contributed by atoms with Gasteiger partial charge in [0, 0.05) is 31.0 Å². The lowest BCUT2D eigenvalue weighted by Gasteiger charge is -2.17. The molecule has 3 rings (SSSR count). The first-order valence-corrected chi connectivity index (χ1v) is 8.93. The molecule has 0 spiro atoms. The molecule has 142 valence electrons. The highest BCUT2D eigenvalue weighted by atomic mass is 19.1. The number of aromatic nitrogens is 4. The van der Waals surface area contributed by atoms with Crippen LogP contribution in [0.3, 0.4) is 0 Å². The van der Waals surface area contributed by atoms with Gasteiger partial charge in [-0.15, -0.1) is 0 Å². The van der Waals surface area contributed by atoms with E-state index in [-0.39, 0.29) is 11.8 Å². The van der Waals surface area contributed by atoms with Gasteiger partial charge in [-0.25, -0.2) is 9.18 Å². The molecule has 0 aliphatic rings. The van der Waals surface area contributed by atoms with Gasteiger partial charge in [0.1, 0.15) is 5.82 Å². The fourth-order valence-corrected chi connectivity index (χ4v) is 2.77. The van der Waals surface area contributed by atoms with Gasteiger partial charge in [-0.05, 0) is 37.5 Å². The summed E-state index contributed by atoms with van der Waals surface area (Å²) in [5, 5.41) is 16.5. The van der Waals surface area contributed by atoms with Gasteiger partial charge in [-0.2, -0.15) is 10.2 Å². The van der Waals surface area contributed by atoms with Gasteiger partial charge in [0.05, 0.1) is 17.6 Å². The monoisotopic (exact) mass is 370 g/mol. The first kappa shape index (κ1) is 18.6. The van der Waals surface area contributed by atoms with Crippen molar-refractivity contribution < 1.29 is 9.18 Å². The Hall–Kier alpha value is -3.16. The maximum absolute atomic E-state index is 13.3. The summed E-state index contributed by atoms with van der Waals surface area (Å²) >= 11 is 0. The number of halogens is 1. The zero-order valence-corrected chi connectivity index (χ0v) is 15.2. The quantitative estimate of drug-likeness (QED) is 0.527. The van der Waals surface area contributed by atoms with Crippen molar-refractivity contribution in [2.75, 3.05) is 18.9 Å². The molecule has 0 fully saturated rings. The summed E-state index contributed by atoms with van der Waals surface area (Å²) in [7, 11) is 1.77. The Balaban J connectivity index is 1.36. The molecule has 27 heavy (non-hydrogen) atoms. The number of benzene rings is 1. The number of aromatic amines is 2. The second-order valence-electron chi connectivity index (χ2n) is 6.44. The van der Waals surface area contributed by atoms with E-state index in [0.717, 1.165) is 42.6 Å². The zero-order valence-electron chi connectivity index (χ0n) is 15.2.